The minimum absolute atomic E-state index is 0.0883. The maximum atomic E-state index is 13.1. The van der Waals surface area contributed by atoms with E-state index >= 15 is 0 Å². The van der Waals surface area contributed by atoms with Gasteiger partial charge in [-0.15, -0.1) is 0 Å². The number of methoxy groups -OCH3 is 1. The number of hydrogen-bond donors (Lipinski definition) is 1. The molecule has 17 heavy (non-hydrogen) atoms. The Morgan fingerprint density at radius 1 is 1.41 bits per heavy atom. The number of rotatable bonds is 5. The van der Waals surface area contributed by atoms with Crippen molar-refractivity contribution < 1.29 is 13.5 Å². The third kappa shape index (κ3) is 2.65. The molecule has 0 amide bonds. The van der Waals surface area contributed by atoms with Gasteiger partial charge in [0.2, 0.25) is 0 Å². The van der Waals surface area contributed by atoms with Gasteiger partial charge in [0.25, 0.3) is 0 Å². The molecule has 0 spiro atoms. The van der Waals surface area contributed by atoms with Crippen LogP contribution in [-0.4, -0.2) is 20.8 Å². The van der Waals surface area contributed by atoms with Gasteiger partial charge in [0.1, 0.15) is 17.2 Å². The van der Waals surface area contributed by atoms with Crippen LogP contribution in [-0.2, 0) is 4.74 Å². The molecule has 0 saturated carbocycles. The van der Waals surface area contributed by atoms with Gasteiger partial charge in [-0.25, -0.2) is 4.39 Å². The quantitative estimate of drug-likeness (QED) is 0.868. The van der Waals surface area contributed by atoms with E-state index in [-0.39, 0.29) is 11.9 Å². The average Bonchev–Trinajstić information content (AvgIpc) is 2.72. The molecular weight excluding hydrogens is 221 g/mol. The Balaban J connectivity index is 2.27. The van der Waals surface area contributed by atoms with Crippen LogP contribution < -0.4 is 5.32 Å². The van der Waals surface area contributed by atoms with Crippen LogP contribution in [0.25, 0.3) is 11.0 Å². The molecule has 3 nitrogen and oxygen atoms in total. The molecule has 1 N–H and O–H groups in total. The summed E-state index contributed by atoms with van der Waals surface area (Å²) in [6.45, 7) is 0.650. The number of ether oxygens (including phenoxy) is 1. The Morgan fingerprint density at radius 3 is 2.94 bits per heavy atom. The van der Waals surface area contributed by atoms with Crippen LogP contribution in [0.3, 0.4) is 0 Å². The van der Waals surface area contributed by atoms with E-state index in [0.717, 1.165) is 17.6 Å². The van der Waals surface area contributed by atoms with Crippen molar-refractivity contribution in [3.05, 3.63) is 35.8 Å². The zero-order valence-electron chi connectivity index (χ0n) is 10.00. The van der Waals surface area contributed by atoms with E-state index < -0.39 is 0 Å². The third-order valence-corrected chi connectivity index (χ3v) is 2.80. The molecule has 2 rings (SSSR count). The number of halogens is 1. The Kier molecular flexibility index (Phi) is 3.76. The van der Waals surface area contributed by atoms with E-state index in [1.165, 1.54) is 12.1 Å². The van der Waals surface area contributed by atoms with Crippen LogP contribution in [0.15, 0.2) is 28.7 Å². The van der Waals surface area contributed by atoms with Gasteiger partial charge < -0.3 is 14.5 Å². The molecule has 4 heteroatoms. The highest BCUT2D eigenvalue weighted by atomic mass is 19.1. The fourth-order valence-electron chi connectivity index (χ4n) is 1.87. The molecule has 0 fully saturated rings. The maximum absolute atomic E-state index is 13.1. The summed E-state index contributed by atoms with van der Waals surface area (Å²) in [4.78, 5) is 0. The molecule has 0 bridgehead atoms. The highest BCUT2D eigenvalue weighted by Crippen LogP contribution is 2.26. The number of nitrogens with one attached hydrogen (secondary N) is 1. The highest BCUT2D eigenvalue weighted by Gasteiger charge is 2.14. The monoisotopic (exact) mass is 237 g/mol. The average molecular weight is 237 g/mol. The molecule has 1 unspecified atom stereocenters. The van der Waals surface area contributed by atoms with Crippen molar-refractivity contribution >= 4 is 11.0 Å². The van der Waals surface area contributed by atoms with E-state index in [1.54, 1.807) is 13.2 Å². The second-order valence-electron chi connectivity index (χ2n) is 3.95. The number of benzene rings is 1. The summed E-state index contributed by atoms with van der Waals surface area (Å²) in [5.41, 5.74) is 0.707. The molecule has 0 radical (unpaired) electrons. The number of furan rings is 1. The molecule has 92 valence electrons. The first-order valence-corrected chi connectivity index (χ1v) is 5.60. The SMILES string of the molecule is CNC(CCOC)c1cc2cc(F)ccc2o1. The standard InChI is InChI=1S/C13H16FNO2/c1-15-11(5-6-16-2)13-8-9-7-10(14)3-4-12(9)17-13/h3-4,7-8,11,15H,5-6H2,1-2H3. The van der Waals surface area contributed by atoms with Gasteiger partial charge in [-0.3, -0.25) is 0 Å². The first kappa shape index (κ1) is 12.1. The van der Waals surface area contributed by atoms with Crippen LogP contribution in [0.2, 0.25) is 0 Å². The zero-order valence-corrected chi connectivity index (χ0v) is 10.00. The second-order valence-corrected chi connectivity index (χ2v) is 3.95. The van der Waals surface area contributed by atoms with E-state index in [4.69, 9.17) is 9.15 Å². The summed E-state index contributed by atoms with van der Waals surface area (Å²) >= 11 is 0. The molecule has 1 aromatic heterocycles. The molecule has 0 aliphatic rings. The van der Waals surface area contributed by atoms with Crippen LogP contribution in [0.5, 0.6) is 0 Å². The molecule has 1 atom stereocenters. The predicted octanol–water partition coefficient (Wildman–Crippen LogP) is 2.87. The molecule has 2 aromatic rings. The van der Waals surface area contributed by atoms with E-state index in [9.17, 15) is 4.39 Å². The molecule has 1 heterocycles. The van der Waals surface area contributed by atoms with Gasteiger partial charge in [0.05, 0.1) is 6.04 Å². The summed E-state index contributed by atoms with van der Waals surface area (Å²) in [5, 5.41) is 3.95. The first-order chi connectivity index (χ1) is 8.24. The van der Waals surface area contributed by atoms with E-state index in [1.807, 2.05) is 13.1 Å². The summed E-state index contributed by atoms with van der Waals surface area (Å²) < 4.78 is 23.8. The Labute approximate surface area is 99.6 Å². The fraction of sp³-hybridized carbons (Fsp3) is 0.385. The second kappa shape index (κ2) is 5.29. The first-order valence-electron chi connectivity index (χ1n) is 5.60. The Bertz CT molecular complexity index is 495. The topological polar surface area (TPSA) is 34.4 Å². The van der Waals surface area contributed by atoms with Crippen molar-refractivity contribution in [3.8, 4) is 0 Å². The van der Waals surface area contributed by atoms with Crippen LogP contribution in [0.4, 0.5) is 4.39 Å². The molecule has 0 aliphatic heterocycles. The summed E-state index contributed by atoms with van der Waals surface area (Å²) in [6.07, 6.45) is 0.815. The molecule has 0 saturated heterocycles. The van der Waals surface area contributed by atoms with Gasteiger partial charge >= 0.3 is 0 Å². The van der Waals surface area contributed by atoms with Crippen LogP contribution in [0, 0.1) is 5.82 Å². The smallest absolute Gasteiger partial charge is 0.134 e. The van der Waals surface area contributed by atoms with Crippen LogP contribution >= 0.6 is 0 Å². The van der Waals surface area contributed by atoms with Gasteiger partial charge in [-0.1, -0.05) is 0 Å². The minimum atomic E-state index is -0.247. The van der Waals surface area contributed by atoms with Gasteiger partial charge in [0.15, 0.2) is 0 Å². The summed E-state index contributed by atoms with van der Waals surface area (Å²) in [5.74, 6) is 0.563. The summed E-state index contributed by atoms with van der Waals surface area (Å²) in [6, 6.07) is 6.49. The lowest BCUT2D eigenvalue weighted by atomic mass is 10.1. The molecule has 1 aromatic carbocycles. The number of fused-ring (bicyclic) bond motifs is 1. The van der Waals surface area contributed by atoms with Crippen molar-refractivity contribution in [2.45, 2.75) is 12.5 Å². The Morgan fingerprint density at radius 2 is 2.24 bits per heavy atom. The van der Waals surface area contributed by atoms with Crippen molar-refractivity contribution in [3.63, 3.8) is 0 Å². The van der Waals surface area contributed by atoms with E-state index in [0.29, 0.717) is 12.2 Å². The Hall–Kier alpha value is -1.39. The van der Waals surface area contributed by atoms with Crippen molar-refractivity contribution in [1.29, 1.82) is 0 Å². The summed E-state index contributed by atoms with van der Waals surface area (Å²) in [7, 11) is 3.54. The predicted molar refractivity (Wildman–Crippen MR) is 64.5 cm³/mol. The van der Waals surface area contributed by atoms with Crippen molar-refractivity contribution in [2.24, 2.45) is 0 Å². The third-order valence-electron chi connectivity index (χ3n) is 2.80. The van der Waals surface area contributed by atoms with Crippen LogP contribution in [0.1, 0.15) is 18.2 Å². The number of hydrogen-bond acceptors (Lipinski definition) is 3. The maximum Gasteiger partial charge on any atom is 0.134 e. The highest BCUT2D eigenvalue weighted by molar-refractivity contribution is 5.78. The lowest BCUT2D eigenvalue weighted by molar-refractivity contribution is 0.180. The van der Waals surface area contributed by atoms with Crippen molar-refractivity contribution in [2.75, 3.05) is 20.8 Å². The molecular formula is C13H16FNO2. The van der Waals surface area contributed by atoms with Gasteiger partial charge in [0, 0.05) is 19.1 Å². The molecule has 0 aliphatic carbocycles. The fourth-order valence-corrected chi connectivity index (χ4v) is 1.87. The van der Waals surface area contributed by atoms with Gasteiger partial charge in [-0.2, -0.15) is 0 Å². The normalized spacial score (nSPS) is 13.1. The van der Waals surface area contributed by atoms with Gasteiger partial charge in [-0.05, 0) is 37.7 Å². The minimum Gasteiger partial charge on any atom is -0.459 e. The van der Waals surface area contributed by atoms with E-state index in [2.05, 4.69) is 5.32 Å². The lowest BCUT2D eigenvalue weighted by Crippen LogP contribution is -2.17. The lowest BCUT2D eigenvalue weighted by Gasteiger charge is -2.12. The van der Waals surface area contributed by atoms with Crippen molar-refractivity contribution in [1.82, 2.24) is 5.32 Å². The zero-order chi connectivity index (χ0) is 12.3. The largest absolute Gasteiger partial charge is 0.459 e.